The zero-order chi connectivity index (χ0) is 10.7. The normalized spacial score (nSPS) is 39.0. The standard InChI is InChI=1S/C8H11N5O2/c9-4(5(14)15)7-1-8(2-7,3-7)6-10-12-13-11-6/h4H,1-3,9H2,(H,14,15)(H,10,11,12,13)/t4-,7?,8?/m1/s1. The van der Waals surface area contributed by atoms with Crippen molar-refractivity contribution in [2.75, 3.05) is 0 Å². The average Bonchev–Trinajstić information content (AvgIpc) is 2.51. The summed E-state index contributed by atoms with van der Waals surface area (Å²) in [6, 6.07) is -0.758. The summed E-state index contributed by atoms with van der Waals surface area (Å²) in [5.41, 5.74) is 5.39. The van der Waals surface area contributed by atoms with E-state index < -0.39 is 12.0 Å². The maximum atomic E-state index is 10.8. The Bertz CT molecular complexity index is 395. The van der Waals surface area contributed by atoms with Crippen molar-refractivity contribution >= 4 is 5.97 Å². The third-order valence-corrected chi connectivity index (χ3v) is 3.82. The number of carboxylic acid groups (broad SMARTS) is 1. The molecule has 0 aromatic carbocycles. The number of aromatic nitrogens is 4. The van der Waals surface area contributed by atoms with Crippen LogP contribution in [0.15, 0.2) is 0 Å². The van der Waals surface area contributed by atoms with E-state index in [-0.39, 0.29) is 10.8 Å². The number of tetrazole rings is 1. The van der Waals surface area contributed by atoms with Gasteiger partial charge in [0.05, 0.1) is 0 Å². The predicted octanol–water partition coefficient (Wildman–Crippen LogP) is -0.967. The topological polar surface area (TPSA) is 118 Å². The summed E-state index contributed by atoms with van der Waals surface area (Å²) in [5.74, 6) is -0.224. The van der Waals surface area contributed by atoms with Gasteiger partial charge in [0, 0.05) is 5.41 Å². The van der Waals surface area contributed by atoms with Crippen LogP contribution in [-0.2, 0) is 10.2 Å². The summed E-state index contributed by atoms with van der Waals surface area (Å²) in [5, 5.41) is 22.7. The van der Waals surface area contributed by atoms with E-state index >= 15 is 0 Å². The van der Waals surface area contributed by atoms with Crippen molar-refractivity contribution in [1.82, 2.24) is 20.6 Å². The molecule has 0 unspecified atom stereocenters. The van der Waals surface area contributed by atoms with E-state index in [4.69, 9.17) is 10.8 Å². The number of aromatic amines is 1. The molecule has 4 N–H and O–H groups in total. The molecule has 15 heavy (non-hydrogen) atoms. The number of nitrogens with one attached hydrogen (secondary N) is 1. The zero-order valence-electron chi connectivity index (χ0n) is 7.97. The van der Waals surface area contributed by atoms with Gasteiger partial charge in [0.1, 0.15) is 6.04 Å². The van der Waals surface area contributed by atoms with Gasteiger partial charge in [-0.2, -0.15) is 5.21 Å². The van der Waals surface area contributed by atoms with Crippen molar-refractivity contribution in [2.45, 2.75) is 30.7 Å². The van der Waals surface area contributed by atoms with Crippen molar-refractivity contribution in [3.8, 4) is 0 Å². The number of H-pyrrole nitrogens is 1. The lowest BCUT2D eigenvalue weighted by molar-refractivity contribution is -0.181. The Balaban J connectivity index is 1.76. The molecule has 4 rings (SSSR count). The molecule has 7 nitrogen and oxygen atoms in total. The van der Waals surface area contributed by atoms with Crippen molar-refractivity contribution in [1.29, 1.82) is 0 Å². The highest BCUT2D eigenvalue weighted by Gasteiger charge is 2.73. The molecule has 0 radical (unpaired) electrons. The van der Waals surface area contributed by atoms with Gasteiger partial charge in [0.25, 0.3) is 0 Å². The molecule has 0 amide bonds. The van der Waals surface area contributed by atoms with Gasteiger partial charge < -0.3 is 10.8 Å². The largest absolute Gasteiger partial charge is 0.480 e. The fourth-order valence-corrected chi connectivity index (χ4v) is 3.08. The Kier molecular flexibility index (Phi) is 1.38. The molecule has 1 aromatic heterocycles. The van der Waals surface area contributed by atoms with E-state index in [9.17, 15) is 4.79 Å². The van der Waals surface area contributed by atoms with Crippen LogP contribution >= 0.6 is 0 Å². The molecule has 1 atom stereocenters. The van der Waals surface area contributed by atoms with Crippen LogP contribution in [0.25, 0.3) is 0 Å². The van der Waals surface area contributed by atoms with Gasteiger partial charge in [-0.15, -0.1) is 10.2 Å². The van der Waals surface area contributed by atoms with Crippen molar-refractivity contribution < 1.29 is 9.90 Å². The Morgan fingerprint density at radius 2 is 2.20 bits per heavy atom. The first-order valence-electron chi connectivity index (χ1n) is 4.80. The summed E-state index contributed by atoms with van der Waals surface area (Å²) in [4.78, 5) is 10.8. The van der Waals surface area contributed by atoms with Gasteiger partial charge in [0.2, 0.25) is 0 Å². The average molecular weight is 209 g/mol. The van der Waals surface area contributed by atoms with Gasteiger partial charge in [-0.05, 0) is 24.7 Å². The van der Waals surface area contributed by atoms with Gasteiger partial charge in [-0.1, -0.05) is 5.21 Å². The number of hydrogen-bond donors (Lipinski definition) is 3. The lowest BCUT2D eigenvalue weighted by Crippen LogP contribution is -2.72. The number of carbonyl (C=O) groups is 1. The third-order valence-electron chi connectivity index (χ3n) is 3.82. The molecule has 3 saturated carbocycles. The maximum Gasteiger partial charge on any atom is 0.321 e. The highest BCUT2D eigenvalue weighted by Crippen LogP contribution is 2.73. The number of aliphatic carboxylic acids is 1. The first-order chi connectivity index (χ1) is 7.08. The van der Waals surface area contributed by atoms with Crippen molar-refractivity contribution in [3.05, 3.63) is 5.82 Å². The van der Waals surface area contributed by atoms with E-state index in [1.807, 2.05) is 0 Å². The van der Waals surface area contributed by atoms with Gasteiger partial charge in [0.15, 0.2) is 5.82 Å². The smallest absolute Gasteiger partial charge is 0.321 e. The molecule has 3 aliphatic rings. The molecule has 80 valence electrons. The number of nitrogens with zero attached hydrogens (tertiary/aromatic N) is 3. The number of rotatable bonds is 3. The molecule has 0 aliphatic heterocycles. The summed E-state index contributed by atoms with van der Waals surface area (Å²) >= 11 is 0. The second kappa shape index (κ2) is 2.35. The molecule has 1 aromatic rings. The minimum atomic E-state index is -0.920. The van der Waals surface area contributed by atoms with Gasteiger partial charge >= 0.3 is 5.97 Å². The monoisotopic (exact) mass is 209 g/mol. The Hall–Kier alpha value is -1.50. The molecular weight excluding hydrogens is 198 g/mol. The third kappa shape index (κ3) is 0.883. The highest BCUT2D eigenvalue weighted by atomic mass is 16.4. The SMILES string of the molecule is N[C@H](C(=O)O)C12CC(c3nn[nH]n3)(C1)C2. The molecule has 3 fully saturated rings. The predicted molar refractivity (Wildman–Crippen MR) is 47.8 cm³/mol. The molecule has 0 spiro atoms. The van der Waals surface area contributed by atoms with Gasteiger partial charge in [-0.3, -0.25) is 4.79 Å². The number of carboxylic acids is 1. The lowest BCUT2D eigenvalue weighted by atomic mass is 9.33. The molecular formula is C8H11N5O2. The molecule has 0 saturated heterocycles. The highest BCUT2D eigenvalue weighted by molar-refractivity contribution is 5.75. The van der Waals surface area contributed by atoms with Crippen molar-refractivity contribution in [2.24, 2.45) is 11.1 Å². The van der Waals surface area contributed by atoms with E-state index in [0.29, 0.717) is 5.82 Å². The Morgan fingerprint density at radius 3 is 2.67 bits per heavy atom. The number of hydrogen-bond acceptors (Lipinski definition) is 5. The quantitative estimate of drug-likeness (QED) is 0.589. The van der Waals surface area contributed by atoms with Crippen LogP contribution in [-0.4, -0.2) is 37.7 Å². The second-order valence-corrected chi connectivity index (χ2v) is 4.72. The van der Waals surface area contributed by atoms with E-state index in [0.717, 1.165) is 19.3 Å². The molecule has 1 heterocycles. The number of nitrogens with two attached hydrogens (primary N) is 1. The first kappa shape index (κ1) is 8.78. The van der Waals surface area contributed by atoms with Crippen LogP contribution in [0.1, 0.15) is 25.1 Å². The van der Waals surface area contributed by atoms with E-state index in [1.54, 1.807) is 0 Å². The zero-order valence-corrected chi connectivity index (χ0v) is 7.97. The molecule has 3 aliphatic carbocycles. The van der Waals surface area contributed by atoms with Crippen LogP contribution in [0.5, 0.6) is 0 Å². The Morgan fingerprint density at radius 1 is 1.53 bits per heavy atom. The lowest BCUT2D eigenvalue weighted by Gasteiger charge is -2.70. The van der Waals surface area contributed by atoms with Crippen LogP contribution in [0.4, 0.5) is 0 Å². The molecule has 7 heteroatoms. The summed E-state index contributed by atoms with van der Waals surface area (Å²) in [6.45, 7) is 0. The van der Waals surface area contributed by atoms with Crippen LogP contribution in [0.2, 0.25) is 0 Å². The maximum absolute atomic E-state index is 10.8. The van der Waals surface area contributed by atoms with Crippen LogP contribution in [0.3, 0.4) is 0 Å². The van der Waals surface area contributed by atoms with E-state index in [1.165, 1.54) is 0 Å². The van der Waals surface area contributed by atoms with Crippen LogP contribution in [0, 0.1) is 5.41 Å². The van der Waals surface area contributed by atoms with Crippen LogP contribution < -0.4 is 5.73 Å². The van der Waals surface area contributed by atoms with Gasteiger partial charge in [-0.25, -0.2) is 0 Å². The fourth-order valence-electron chi connectivity index (χ4n) is 3.08. The first-order valence-corrected chi connectivity index (χ1v) is 4.80. The summed E-state index contributed by atoms with van der Waals surface area (Å²) in [6.07, 6.45) is 2.31. The Labute approximate surface area is 85.0 Å². The van der Waals surface area contributed by atoms with Crippen molar-refractivity contribution in [3.63, 3.8) is 0 Å². The minimum absolute atomic E-state index is 0.0416. The fraction of sp³-hybridized carbons (Fsp3) is 0.750. The molecule has 2 bridgehead atoms. The van der Waals surface area contributed by atoms with E-state index in [2.05, 4.69) is 20.6 Å². The second-order valence-electron chi connectivity index (χ2n) is 4.72. The minimum Gasteiger partial charge on any atom is -0.480 e. The summed E-state index contributed by atoms with van der Waals surface area (Å²) < 4.78 is 0. The summed E-state index contributed by atoms with van der Waals surface area (Å²) in [7, 11) is 0.